The smallest absolute Gasteiger partial charge is 0.0648 e. The van der Waals surface area contributed by atoms with Crippen LogP contribution in [-0.4, -0.2) is 16.0 Å². The van der Waals surface area contributed by atoms with Crippen LogP contribution in [0.15, 0.2) is 102 Å². The summed E-state index contributed by atoms with van der Waals surface area (Å²) < 4.78 is 1.90. The van der Waals surface area contributed by atoms with E-state index in [1.54, 1.807) is 18.5 Å². The summed E-state index contributed by atoms with van der Waals surface area (Å²) in [6.45, 7) is 2.34. The van der Waals surface area contributed by atoms with Gasteiger partial charge in [-0.15, -0.1) is 0 Å². The van der Waals surface area contributed by atoms with E-state index in [0.717, 1.165) is 17.8 Å². The number of nitrogens with two attached hydrogens (primary N) is 1. The van der Waals surface area contributed by atoms with Crippen LogP contribution in [0.1, 0.15) is 23.6 Å². The second-order valence-corrected chi connectivity index (χ2v) is 8.07. The molecule has 2 N–H and O–H groups in total. The second kappa shape index (κ2) is 7.73. The van der Waals surface area contributed by atoms with Gasteiger partial charge in [0.05, 0.1) is 11.4 Å². The van der Waals surface area contributed by atoms with Crippen molar-refractivity contribution < 1.29 is 0 Å². The van der Waals surface area contributed by atoms with E-state index in [0.29, 0.717) is 0 Å². The van der Waals surface area contributed by atoms with Gasteiger partial charge in [0.1, 0.15) is 0 Å². The number of rotatable bonds is 5. The van der Waals surface area contributed by atoms with Gasteiger partial charge in [0.15, 0.2) is 0 Å². The summed E-state index contributed by atoms with van der Waals surface area (Å²) in [4.78, 5) is 4.55. The van der Waals surface area contributed by atoms with Crippen LogP contribution >= 0.6 is 0 Å². The molecule has 1 unspecified atom stereocenters. The predicted octanol–water partition coefficient (Wildman–Crippen LogP) is 5.58. The highest BCUT2D eigenvalue weighted by Gasteiger charge is 2.39. The van der Waals surface area contributed by atoms with Gasteiger partial charge in [-0.25, -0.2) is 4.68 Å². The number of benzene rings is 3. The molecule has 3 aromatic carbocycles. The Morgan fingerprint density at radius 3 is 2.68 bits per heavy atom. The van der Waals surface area contributed by atoms with Gasteiger partial charge >= 0.3 is 0 Å². The van der Waals surface area contributed by atoms with Crippen molar-refractivity contribution >= 4 is 11.9 Å². The van der Waals surface area contributed by atoms with E-state index in [1.165, 1.54) is 34.0 Å². The van der Waals surface area contributed by atoms with E-state index >= 15 is 0 Å². The molecule has 31 heavy (non-hydrogen) atoms. The first-order valence-electron chi connectivity index (χ1n) is 10.4. The molecule has 0 saturated carbocycles. The zero-order valence-electron chi connectivity index (χ0n) is 17.4. The van der Waals surface area contributed by atoms with Crippen LogP contribution in [0.3, 0.4) is 0 Å². The summed E-state index contributed by atoms with van der Waals surface area (Å²) in [5.41, 5.74) is 13.8. The standard InChI is InChI=1S/C27H24N4/c1-27(19-20-7-4-8-22(17-20)31-16-6-15-30-31)25-10-3-2-9-23(25)24-12-11-21(18-26(24)27)29-14-5-13-28/h2-18H,19,28H2,1H3. The van der Waals surface area contributed by atoms with Crippen LogP contribution < -0.4 is 5.73 Å². The quantitative estimate of drug-likeness (QED) is 0.442. The van der Waals surface area contributed by atoms with Crippen molar-refractivity contribution in [3.63, 3.8) is 0 Å². The van der Waals surface area contributed by atoms with Crippen molar-refractivity contribution in [1.82, 2.24) is 9.78 Å². The minimum absolute atomic E-state index is 0.149. The number of fused-ring (bicyclic) bond motifs is 3. The molecule has 1 aliphatic carbocycles. The van der Waals surface area contributed by atoms with Crippen molar-refractivity contribution in [1.29, 1.82) is 0 Å². The fraction of sp³-hybridized carbons (Fsp3) is 0.111. The third-order valence-electron chi connectivity index (χ3n) is 6.07. The van der Waals surface area contributed by atoms with Crippen LogP contribution in [0, 0.1) is 0 Å². The molecular weight excluding hydrogens is 380 g/mol. The molecule has 4 nitrogen and oxygen atoms in total. The molecule has 1 heterocycles. The second-order valence-electron chi connectivity index (χ2n) is 8.07. The molecule has 0 saturated heterocycles. The Morgan fingerprint density at radius 1 is 0.968 bits per heavy atom. The summed E-state index contributed by atoms with van der Waals surface area (Å²) in [7, 11) is 0. The average molecular weight is 405 g/mol. The van der Waals surface area contributed by atoms with Gasteiger partial charge in [0.25, 0.3) is 0 Å². The first kappa shape index (κ1) is 19.1. The fourth-order valence-corrected chi connectivity index (χ4v) is 4.66. The highest BCUT2D eigenvalue weighted by atomic mass is 15.3. The molecule has 1 aliphatic rings. The van der Waals surface area contributed by atoms with Crippen LogP contribution in [0.2, 0.25) is 0 Å². The van der Waals surface area contributed by atoms with E-state index < -0.39 is 0 Å². The molecule has 5 rings (SSSR count). The summed E-state index contributed by atoms with van der Waals surface area (Å²) in [5.74, 6) is 0. The maximum atomic E-state index is 5.44. The number of hydrogen-bond acceptors (Lipinski definition) is 3. The molecular formula is C27H24N4. The van der Waals surface area contributed by atoms with Crippen molar-refractivity contribution in [2.45, 2.75) is 18.8 Å². The first-order valence-corrected chi connectivity index (χ1v) is 10.4. The highest BCUT2D eigenvalue weighted by molar-refractivity contribution is 5.83. The van der Waals surface area contributed by atoms with Crippen molar-refractivity contribution in [3.8, 4) is 16.8 Å². The third kappa shape index (κ3) is 3.36. The van der Waals surface area contributed by atoms with Gasteiger partial charge in [0, 0.05) is 24.0 Å². The van der Waals surface area contributed by atoms with Gasteiger partial charge < -0.3 is 5.73 Å². The zero-order valence-corrected chi connectivity index (χ0v) is 17.4. The number of nitrogens with zero attached hydrogens (tertiary/aromatic N) is 3. The van der Waals surface area contributed by atoms with Gasteiger partial charge in [-0.2, -0.15) is 5.10 Å². The van der Waals surface area contributed by atoms with Gasteiger partial charge in [-0.05, 0) is 76.8 Å². The Bertz CT molecular complexity index is 1280. The van der Waals surface area contributed by atoms with Crippen molar-refractivity contribution in [2.75, 3.05) is 0 Å². The molecule has 1 atom stereocenters. The van der Waals surface area contributed by atoms with E-state index in [-0.39, 0.29) is 5.41 Å². The minimum atomic E-state index is -0.149. The van der Waals surface area contributed by atoms with Crippen LogP contribution in [-0.2, 0) is 11.8 Å². The predicted molar refractivity (Wildman–Crippen MR) is 127 cm³/mol. The Kier molecular flexibility index (Phi) is 4.75. The lowest BCUT2D eigenvalue weighted by atomic mass is 9.75. The average Bonchev–Trinajstić information content (AvgIpc) is 3.41. The fourth-order valence-electron chi connectivity index (χ4n) is 4.66. The third-order valence-corrected chi connectivity index (χ3v) is 6.07. The monoisotopic (exact) mass is 404 g/mol. The normalized spacial score (nSPS) is 17.3. The van der Waals surface area contributed by atoms with Gasteiger partial charge in [-0.3, -0.25) is 4.99 Å². The molecule has 152 valence electrons. The molecule has 4 heteroatoms. The summed E-state index contributed by atoms with van der Waals surface area (Å²) >= 11 is 0. The van der Waals surface area contributed by atoms with E-state index in [1.807, 2.05) is 16.9 Å². The maximum Gasteiger partial charge on any atom is 0.0648 e. The topological polar surface area (TPSA) is 56.2 Å². The number of allylic oxidation sites excluding steroid dienone is 1. The first-order chi connectivity index (χ1) is 15.2. The van der Waals surface area contributed by atoms with E-state index in [9.17, 15) is 0 Å². The van der Waals surface area contributed by atoms with E-state index in [2.05, 4.69) is 83.7 Å². The lowest BCUT2D eigenvalue weighted by molar-refractivity contribution is 0.583. The molecule has 1 aromatic heterocycles. The van der Waals surface area contributed by atoms with Gasteiger partial charge in [-0.1, -0.05) is 49.4 Å². The maximum absolute atomic E-state index is 5.44. The van der Waals surface area contributed by atoms with Crippen molar-refractivity contribution in [3.05, 3.63) is 114 Å². The zero-order chi connectivity index (χ0) is 21.3. The Labute approximate surface area is 182 Å². The molecule has 4 aromatic rings. The summed E-state index contributed by atoms with van der Waals surface area (Å²) in [6, 6.07) is 25.8. The molecule has 0 amide bonds. The number of aromatic nitrogens is 2. The Hall–Kier alpha value is -3.92. The number of aliphatic imine (C=N–C) groups is 1. The summed E-state index contributed by atoms with van der Waals surface area (Å²) in [6.07, 6.45) is 9.63. The Balaban J connectivity index is 1.60. The summed E-state index contributed by atoms with van der Waals surface area (Å²) in [5, 5.41) is 4.38. The molecule has 0 radical (unpaired) electrons. The lowest BCUT2D eigenvalue weighted by Gasteiger charge is -2.28. The molecule has 0 bridgehead atoms. The van der Waals surface area contributed by atoms with Crippen LogP contribution in [0.5, 0.6) is 0 Å². The van der Waals surface area contributed by atoms with E-state index in [4.69, 9.17) is 5.73 Å². The van der Waals surface area contributed by atoms with Crippen molar-refractivity contribution in [2.24, 2.45) is 10.7 Å². The molecule has 0 fully saturated rings. The lowest BCUT2D eigenvalue weighted by Crippen LogP contribution is -2.24. The molecule has 0 spiro atoms. The van der Waals surface area contributed by atoms with Gasteiger partial charge in [0.2, 0.25) is 0 Å². The Morgan fingerprint density at radius 2 is 1.84 bits per heavy atom. The SMILES string of the molecule is CC1(Cc2cccc(-n3cccn3)c2)c2ccccc2-c2ccc(N=CC=CN)cc21. The minimum Gasteiger partial charge on any atom is -0.405 e. The van der Waals surface area contributed by atoms with Crippen LogP contribution in [0.4, 0.5) is 5.69 Å². The van der Waals surface area contributed by atoms with Crippen LogP contribution in [0.25, 0.3) is 16.8 Å². The largest absolute Gasteiger partial charge is 0.405 e. The highest BCUT2D eigenvalue weighted by Crippen LogP contribution is 2.51. The number of hydrogen-bond donors (Lipinski definition) is 1. The molecule has 0 aliphatic heterocycles.